The summed E-state index contributed by atoms with van der Waals surface area (Å²) in [7, 11) is 1.67. The van der Waals surface area contributed by atoms with Crippen LogP contribution in [-0.4, -0.2) is 49.5 Å². The number of nitrogens with zero attached hydrogens (tertiary/aromatic N) is 5. The van der Waals surface area contributed by atoms with Gasteiger partial charge >= 0.3 is 0 Å². The molecule has 0 bridgehead atoms. The molecule has 154 valence electrons. The zero-order chi connectivity index (χ0) is 19.9. The van der Waals surface area contributed by atoms with Crippen molar-refractivity contribution in [3.8, 4) is 5.75 Å². The van der Waals surface area contributed by atoms with Gasteiger partial charge in [-0.2, -0.15) is 15.1 Å². The van der Waals surface area contributed by atoms with E-state index in [-0.39, 0.29) is 0 Å². The summed E-state index contributed by atoms with van der Waals surface area (Å²) in [5.41, 5.74) is 4.11. The molecule has 7 heteroatoms. The lowest BCUT2D eigenvalue weighted by atomic mass is 10.1. The summed E-state index contributed by atoms with van der Waals surface area (Å²) in [5, 5.41) is 4.40. The molecule has 29 heavy (non-hydrogen) atoms. The molecule has 0 aliphatic carbocycles. The minimum Gasteiger partial charge on any atom is -0.497 e. The third-order valence-corrected chi connectivity index (χ3v) is 5.53. The monoisotopic (exact) mass is 394 g/mol. The van der Waals surface area contributed by atoms with E-state index in [1.165, 1.54) is 38.5 Å². The van der Waals surface area contributed by atoms with E-state index in [0.29, 0.717) is 0 Å². The Hall–Kier alpha value is -2.83. The van der Waals surface area contributed by atoms with Gasteiger partial charge in [0.15, 0.2) is 5.82 Å². The minimum absolute atomic E-state index is 0.742. The summed E-state index contributed by atoms with van der Waals surface area (Å²) >= 11 is 0. The summed E-state index contributed by atoms with van der Waals surface area (Å²) in [5.74, 6) is 3.39. The third-order valence-electron chi connectivity index (χ3n) is 5.53. The van der Waals surface area contributed by atoms with Crippen LogP contribution in [0.5, 0.6) is 5.75 Å². The molecule has 0 unspecified atom stereocenters. The fraction of sp³-hybridized carbons (Fsp3) is 0.500. The summed E-state index contributed by atoms with van der Waals surface area (Å²) in [6.45, 7) is 4.17. The van der Waals surface area contributed by atoms with Crippen LogP contribution < -0.4 is 20.0 Å². The topological polar surface area (TPSA) is 65.9 Å². The minimum atomic E-state index is 0.742. The second-order valence-electron chi connectivity index (χ2n) is 7.65. The van der Waals surface area contributed by atoms with Gasteiger partial charge in [0, 0.05) is 32.2 Å². The number of ether oxygens (including phenoxy) is 1. The van der Waals surface area contributed by atoms with Gasteiger partial charge in [-0.1, -0.05) is 0 Å². The Labute approximate surface area is 172 Å². The van der Waals surface area contributed by atoms with Gasteiger partial charge in [-0.25, -0.2) is 0 Å². The van der Waals surface area contributed by atoms with Crippen LogP contribution in [0, 0.1) is 0 Å². The smallest absolute Gasteiger partial charge is 0.229 e. The average molecular weight is 395 g/mol. The third kappa shape index (κ3) is 5.16. The first-order chi connectivity index (χ1) is 14.3. The fourth-order valence-electron chi connectivity index (χ4n) is 3.86. The highest BCUT2D eigenvalue weighted by atomic mass is 16.5. The maximum Gasteiger partial charge on any atom is 0.229 e. The van der Waals surface area contributed by atoms with E-state index in [4.69, 9.17) is 14.7 Å². The van der Waals surface area contributed by atoms with Crippen molar-refractivity contribution in [1.82, 2.24) is 9.97 Å². The van der Waals surface area contributed by atoms with Gasteiger partial charge in [0.1, 0.15) is 11.6 Å². The first-order valence-corrected chi connectivity index (χ1v) is 10.6. The standard InChI is InChI=1S/C22H30N6O/c1-29-19-10-8-18(9-11-19)17-23-26-20-16-21(27-12-4-2-5-13-27)25-22(24-20)28-14-6-3-7-15-28/h8-11,16-17H,2-7,12-15H2,1H3,(H,24,25,26)/b23-17-. The molecular weight excluding hydrogens is 364 g/mol. The van der Waals surface area contributed by atoms with E-state index >= 15 is 0 Å². The molecule has 3 heterocycles. The SMILES string of the molecule is COc1ccc(/C=N\Nc2cc(N3CCCCC3)nc(N3CCCCC3)n2)cc1. The quantitative estimate of drug-likeness (QED) is 0.592. The van der Waals surface area contributed by atoms with Crippen molar-refractivity contribution in [2.45, 2.75) is 38.5 Å². The molecule has 0 amide bonds. The number of piperidine rings is 2. The molecule has 0 saturated carbocycles. The van der Waals surface area contributed by atoms with Gasteiger partial charge in [-0.15, -0.1) is 0 Å². The van der Waals surface area contributed by atoms with Crippen LogP contribution in [0.25, 0.3) is 0 Å². The summed E-state index contributed by atoms with van der Waals surface area (Å²) < 4.78 is 5.20. The molecule has 2 aliphatic rings. The van der Waals surface area contributed by atoms with Gasteiger partial charge in [-0.05, 0) is 68.4 Å². The number of benzene rings is 1. The summed E-state index contributed by atoms with van der Waals surface area (Å²) in [6, 6.07) is 9.82. The van der Waals surface area contributed by atoms with E-state index in [2.05, 4.69) is 20.3 Å². The Kier molecular flexibility index (Phi) is 6.44. The van der Waals surface area contributed by atoms with E-state index in [1.54, 1.807) is 13.3 Å². The predicted octanol–water partition coefficient (Wildman–Crippen LogP) is 3.91. The highest BCUT2D eigenvalue weighted by Gasteiger charge is 2.19. The summed E-state index contributed by atoms with van der Waals surface area (Å²) in [6.07, 6.45) is 9.24. The van der Waals surface area contributed by atoms with Crippen LogP contribution in [0.1, 0.15) is 44.1 Å². The van der Waals surface area contributed by atoms with Gasteiger partial charge in [-0.3, -0.25) is 5.43 Å². The number of rotatable bonds is 6. The molecule has 0 radical (unpaired) electrons. The van der Waals surface area contributed by atoms with Crippen molar-refractivity contribution in [2.24, 2.45) is 5.10 Å². The van der Waals surface area contributed by atoms with Crippen molar-refractivity contribution in [3.63, 3.8) is 0 Å². The Morgan fingerprint density at radius 3 is 2.21 bits per heavy atom. The highest BCUT2D eigenvalue weighted by Crippen LogP contribution is 2.25. The second kappa shape index (κ2) is 9.58. The predicted molar refractivity (Wildman–Crippen MR) is 118 cm³/mol. The maximum absolute atomic E-state index is 5.20. The Balaban J connectivity index is 1.52. The normalized spacial score (nSPS) is 17.6. The van der Waals surface area contributed by atoms with Crippen molar-refractivity contribution in [1.29, 1.82) is 0 Å². The Bertz CT molecular complexity index is 774. The lowest BCUT2D eigenvalue weighted by Crippen LogP contribution is -2.33. The van der Waals surface area contributed by atoms with Crippen molar-refractivity contribution >= 4 is 23.8 Å². The summed E-state index contributed by atoms with van der Waals surface area (Å²) in [4.78, 5) is 14.3. The zero-order valence-electron chi connectivity index (χ0n) is 17.2. The van der Waals surface area contributed by atoms with E-state index < -0.39 is 0 Å². The lowest BCUT2D eigenvalue weighted by molar-refractivity contribution is 0.415. The van der Waals surface area contributed by atoms with Crippen LogP contribution >= 0.6 is 0 Å². The maximum atomic E-state index is 5.20. The van der Waals surface area contributed by atoms with Gasteiger partial charge in [0.25, 0.3) is 0 Å². The fourth-order valence-corrected chi connectivity index (χ4v) is 3.86. The van der Waals surface area contributed by atoms with Crippen LogP contribution in [0.3, 0.4) is 0 Å². The van der Waals surface area contributed by atoms with Crippen LogP contribution in [0.4, 0.5) is 17.6 Å². The number of anilines is 3. The Morgan fingerprint density at radius 1 is 0.897 bits per heavy atom. The van der Waals surface area contributed by atoms with E-state index in [9.17, 15) is 0 Å². The van der Waals surface area contributed by atoms with E-state index in [1.807, 2.05) is 30.3 Å². The second-order valence-corrected chi connectivity index (χ2v) is 7.65. The van der Waals surface area contributed by atoms with E-state index in [0.717, 1.165) is 55.1 Å². The molecule has 1 aromatic heterocycles. The Morgan fingerprint density at radius 2 is 1.55 bits per heavy atom. The van der Waals surface area contributed by atoms with Crippen molar-refractivity contribution in [2.75, 3.05) is 48.5 Å². The number of hydrogen-bond acceptors (Lipinski definition) is 7. The van der Waals surface area contributed by atoms with Crippen molar-refractivity contribution < 1.29 is 4.74 Å². The molecular formula is C22H30N6O. The average Bonchev–Trinajstić information content (AvgIpc) is 2.80. The molecule has 7 nitrogen and oxygen atoms in total. The molecule has 4 rings (SSSR count). The number of nitrogens with one attached hydrogen (secondary N) is 1. The zero-order valence-corrected chi connectivity index (χ0v) is 17.2. The van der Waals surface area contributed by atoms with Gasteiger partial charge < -0.3 is 14.5 Å². The van der Waals surface area contributed by atoms with Crippen LogP contribution in [0.2, 0.25) is 0 Å². The molecule has 2 fully saturated rings. The highest BCUT2D eigenvalue weighted by molar-refractivity contribution is 5.80. The van der Waals surface area contributed by atoms with Crippen LogP contribution in [-0.2, 0) is 0 Å². The number of methoxy groups -OCH3 is 1. The molecule has 2 aliphatic heterocycles. The largest absolute Gasteiger partial charge is 0.497 e. The van der Waals surface area contributed by atoms with Crippen molar-refractivity contribution in [3.05, 3.63) is 35.9 Å². The number of hydrogen-bond donors (Lipinski definition) is 1. The number of hydrazone groups is 1. The molecule has 2 saturated heterocycles. The first-order valence-electron chi connectivity index (χ1n) is 10.6. The lowest BCUT2D eigenvalue weighted by Gasteiger charge is -2.31. The number of aromatic nitrogens is 2. The molecule has 0 spiro atoms. The molecule has 0 atom stereocenters. The van der Waals surface area contributed by atoms with Crippen LogP contribution in [0.15, 0.2) is 35.4 Å². The first kappa shape index (κ1) is 19.5. The molecule has 1 aromatic carbocycles. The molecule has 2 aromatic rings. The van der Waals surface area contributed by atoms with Gasteiger partial charge in [0.2, 0.25) is 5.95 Å². The molecule has 1 N–H and O–H groups in total. The van der Waals surface area contributed by atoms with Gasteiger partial charge in [0.05, 0.1) is 13.3 Å².